The number of nitrogens with one attached hydrogen (secondary N) is 3. The predicted molar refractivity (Wildman–Crippen MR) is 90.7 cm³/mol. The maximum Gasteiger partial charge on any atom is 0.239 e. The zero-order valence-corrected chi connectivity index (χ0v) is 13.4. The van der Waals surface area contributed by atoms with Crippen molar-refractivity contribution in [3.8, 4) is 0 Å². The van der Waals surface area contributed by atoms with E-state index in [1.807, 2.05) is 24.3 Å². The third kappa shape index (κ3) is 3.41. The number of fused-ring (bicyclic) bond motifs is 1. The number of rotatable bonds is 4. The number of halogens is 2. The summed E-state index contributed by atoms with van der Waals surface area (Å²) in [6.07, 6.45) is 0.0427. The molecule has 0 aliphatic carbocycles. The van der Waals surface area contributed by atoms with Crippen LogP contribution in [0.1, 0.15) is 17.9 Å². The number of hydrazine groups is 1. The Balaban J connectivity index is 1.63. The Hall–Kier alpha value is -2.24. The van der Waals surface area contributed by atoms with Crippen LogP contribution in [0.4, 0.5) is 11.4 Å². The molecule has 1 aliphatic rings. The molecule has 0 fully saturated rings. The summed E-state index contributed by atoms with van der Waals surface area (Å²) in [6.45, 7) is 0. The van der Waals surface area contributed by atoms with Gasteiger partial charge in [-0.3, -0.25) is 20.4 Å². The molecule has 2 aromatic carbocycles. The van der Waals surface area contributed by atoms with Crippen molar-refractivity contribution in [3.05, 3.63) is 58.1 Å². The van der Waals surface area contributed by atoms with Crippen molar-refractivity contribution in [2.24, 2.45) is 0 Å². The first-order valence-corrected chi connectivity index (χ1v) is 7.70. The molecule has 7 heteroatoms. The molecule has 0 saturated heterocycles. The van der Waals surface area contributed by atoms with Gasteiger partial charge in [0.1, 0.15) is 0 Å². The first kappa shape index (κ1) is 15.6. The molecule has 0 bridgehead atoms. The maximum absolute atomic E-state index is 12.1. The number of para-hydroxylation sites is 1. The van der Waals surface area contributed by atoms with Crippen LogP contribution in [0.25, 0.3) is 0 Å². The van der Waals surface area contributed by atoms with Crippen molar-refractivity contribution in [1.29, 1.82) is 0 Å². The topological polar surface area (TPSA) is 70.2 Å². The second-order valence-corrected chi connectivity index (χ2v) is 5.97. The predicted octanol–water partition coefficient (Wildman–Crippen LogP) is 3.56. The van der Waals surface area contributed by atoms with Crippen LogP contribution in [0.3, 0.4) is 0 Å². The summed E-state index contributed by atoms with van der Waals surface area (Å²) in [4.78, 5) is 24.1. The van der Waals surface area contributed by atoms with Crippen LogP contribution < -0.4 is 16.2 Å². The van der Waals surface area contributed by atoms with Gasteiger partial charge in [0.25, 0.3) is 0 Å². The van der Waals surface area contributed by atoms with Gasteiger partial charge >= 0.3 is 0 Å². The Morgan fingerprint density at radius 1 is 1.17 bits per heavy atom. The summed E-state index contributed by atoms with van der Waals surface area (Å²) in [7, 11) is 0. The van der Waals surface area contributed by atoms with Crippen molar-refractivity contribution in [2.45, 2.75) is 12.3 Å². The lowest BCUT2D eigenvalue weighted by Crippen LogP contribution is -2.31. The number of benzene rings is 2. The lowest BCUT2D eigenvalue weighted by atomic mass is 9.97. The highest BCUT2D eigenvalue weighted by Crippen LogP contribution is 2.34. The molecule has 2 amide bonds. The van der Waals surface area contributed by atoms with E-state index in [4.69, 9.17) is 23.2 Å². The average molecular weight is 350 g/mol. The van der Waals surface area contributed by atoms with Crippen molar-refractivity contribution in [3.63, 3.8) is 0 Å². The second kappa shape index (κ2) is 6.48. The summed E-state index contributed by atoms with van der Waals surface area (Å²) in [5.74, 6) is -0.979. The fraction of sp³-hybridized carbons (Fsp3) is 0.125. The third-order valence-corrected chi connectivity index (χ3v) is 4.12. The normalized spacial score (nSPS) is 15.7. The van der Waals surface area contributed by atoms with Crippen LogP contribution in [0.15, 0.2) is 42.5 Å². The molecular weight excluding hydrogens is 337 g/mol. The molecule has 1 aliphatic heterocycles. The monoisotopic (exact) mass is 349 g/mol. The van der Waals surface area contributed by atoms with Crippen LogP contribution in [-0.2, 0) is 9.59 Å². The Kier molecular flexibility index (Phi) is 4.41. The molecule has 1 heterocycles. The molecule has 3 N–H and O–H groups in total. The largest absolute Gasteiger partial charge is 0.325 e. The fourth-order valence-corrected chi connectivity index (χ4v) is 2.90. The SMILES string of the molecule is O=C(CC1C(=O)Nc2ccccc21)NNc1ccc(Cl)cc1Cl. The van der Waals surface area contributed by atoms with Crippen LogP contribution in [0.5, 0.6) is 0 Å². The highest BCUT2D eigenvalue weighted by molar-refractivity contribution is 6.36. The molecule has 0 saturated carbocycles. The molecule has 0 radical (unpaired) electrons. The number of hydrogen-bond donors (Lipinski definition) is 3. The van der Waals surface area contributed by atoms with Gasteiger partial charge < -0.3 is 5.32 Å². The van der Waals surface area contributed by atoms with Crippen LogP contribution in [-0.4, -0.2) is 11.8 Å². The molecular formula is C16H13Cl2N3O2. The molecule has 0 spiro atoms. The molecule has 0 aromatic heterocycles. The Morgan fingerprint density at radius 2 is 1.96 bits per heavy atom. The van der Waals surface area contributed by atoms with E-state index in [9.17, 15) is 9.59 Å². The van der Waals surface area contributed by atoms with Crippen molar-refractivity contribution < 1.29 is 9.59 Å². The molecule has 1 unspecified atom stereocenters. The average Bonchev–Trinajstić information content (AvgIpc) is 2.82. The molecule has 1 atom stereocenters. The van der Waals surface area contributed by atoms with Gasteiger partial charge in [-0.25, -0.2) is 0 Å². The summed E-state index contributed by atoms with van der Waals surface area (Å²) in [5, 5.41) is 3.66. The van der Waals surface area contributed by atoms with E-state index in [0.29, 0.717) is 15.7 Å². The second-order valence-electron chi connectivity index (χ2n) is 5.13. The first-order valence-electron chi connectivity index (χ1n) is 6.94. The number of hydrogen-bond acceptors (Lipinski definition) is 3. The molecule has 5 nitrogen and oxygen atoms in total. The summed E-state index contributed by atoms with van der Waals surface area (Å²) < 4.78 is 0. The van der Waals surface area contributed by atoms with Crippen molar-refractivity contribution >= 4 is 46.4 Å². The summed E-state index contributed by atoms with van der Waals surface area (Å²) in [5.41, 5.74) is 7.38. The highest BCUT2D eigenvalue weighted by Gasteiger charge is 2.31. The Labute approximate surface area is 142 Å². The molecule has 23 heavy (non-hydrogen) atoms. The Morgan fingerprint density at radius 3 is 2.74 bits per heavy atom. The molecule has 2 aromatic rings. The number of amides is 2. The lowest BCUT2D eigenvalue weighted by Gasteiger charge is -2.12. The maximum atomic E-state index is 12.1. The fourth-order valence-electron chi connectivity index (χ4n) is 2.44. The summed E-state index contributed by atoms with van der Waals surface area (Å²) in [6, 6.07) is 12.2. The zero-order valence-electron chi connectivity index (χ0n) is 11.9. The molecule has 3 rings (SSSR count). The van der Waals surface area contributed by atoms with Crippen LogP contribution >= 0.6 is 23.2 Å². The van der Waals surface area contributed by atoms with E-state index >= 15 is 0 Å². The smallest absolute Gasteiger partial charge is 0.239 e. The van der Waals surface area contributed by atoms with Gasteiger partial charge in [-0.15, -0.1) is 0 Å². The van der Waals surface area contributed by atoms with Gasteiger partial charge in [0.05, 0.1) is 16.6 Å². The number of carbonyl (C=O) groups excluding carboxylic acids is 2. The van der Waals surface area contributed by atoms with Gasteiger partial charge in [0, 0.05) is 17.1 Å². The van der Waals surface area contributed by atoms with E-state index in [0.717, 1.165) is 11.3 Å². The van der Waals surface area contributed by atoms with Crippen LogP contribution in [0, 0.1) is 0 Å². The zero-order chi connectivity index (χ0) is 16.4. The summed E-state index contributed by atoms with van der Waals surface area (Å²) >= 11 is 11.8. The van der Waals surface area contributed by atoms with Crippen LogP contribution in [0.2, 0.25) is 10.0 Å². The third-order valence-electron chi connectivity index (χ3n) is 3.57. The van der Waals surface area contributed by atoms with Gasteiger partial charge in [-0.2, -0.15) is 0 Å². The minimum atomic E-state index is -0.492. The van der Waals surface area contributed by atoms with E-state index < -0.39 is 5.92 Å². The van der Waals surface area contributed by atoms with Gasteiger partial charge in [0.2, 0.25) is 11.8 Å². The lowest BCUT2D eigenvalue weighted by molar-refractivity contribution is -0.124. The van der Waals surface area contributed by atoms with E-state index in [1.54, 1.807) is 18.2 Å². The molecule has 118 valence electrons. The van der Waals surface area contributed by atoms with Crippen molar-refractivity contribution in [1.82, 2.24) is 5.43 Å². The van der Waals surface area contributed by atoms with E-state index in [1.165, 1.54) is 0 Å². The quantitative estimate of drug-likeness (QED) is 0.739. The van der Waals surface area contributed by atoms with E-state index in [-0.39, 0.29) is 18.2 Å². The minimum absolute atomic E-state index is 0.0427. The van der Waals surface area contributed by atoms with Crippen molar-refractivity contribution in [2.75, 3.05) is 10.7 Å². The number of carbonyl (C=O) groups is 2. The van der Waals surface area contributed by atoms with Gasteiger partial charge in [-0.05, 0) is 29.8 Å². The number of anilines is 2. The van der Waals surface area contributed by atoms with E-state index in [2.05, 4.69) is 16.2 Å². The minimum Gasteiger partial charge on any atom is -0.325 e. The Bertz CT molecular complexity index is 780. The standard InChI is InChI=1S/C16H13Cl2N3O2/c17-9-5-6-14(12(18)7-9)20-21-15(22)8-11-10-3-1-2-4-13(10)19-16(11)23/h1-7,11,20H,8H2,(H,19,23)(H,21,22). The van der Waals surface area contributed by atoms with Gasteiger partial charge in [0.15, 0.2) is 0 Å². The highest BCUT2D eigenvalue weighted by atomic mass is 35.5. The first-order chi connectivity index (χ1) is 11.0. The van der Waals surface area contributed by atoms with Gasteiger partial charge in [-0.1, -0.05) is 41.4 Å².